The van der Waals surface area contributed by atoms with Crippen molar-refractivity contribution in [1.82, 2.24) is 4.98 Å². The van der Waals surface area contributed by atoms with Crippen molar-refractivity contribution >= 4 is 11.5 Å². The van der Waals surface area contributed by atoms with Gasteiger partial charge in [0.05, 0.1) is 17.6 Å². The molecule has 0 aliphatic rings. The highest BCUT2D eigenvalue weighted by Gasteiger charge is 2.17. The largest absolute Gasteiger partial charge is 0.389 e. The zero-order chi connectivity index (χ0) is 14.4. The van der Waals surface area contributed by atoms with Gasteiger partial charge in [-0.2, -0.15) is 5.26 Å². The molecule has 1 N–H and O–H groups in total. The Hall–Kier alpha value is -2.24. The average Bonchev–Trinajstić information content (AvgIpc) is 2.37. The minimum Gasteiger partial charge on any atom is -0.389 e. The summed E-state index contributed by atoms with van der Waals surface area (Å²) < 4.78 is 4.80. The second-order valence-electron chi connectivity index (χ2n) is 3.92. The summed E-state index contributed by atoms with van der Waals surface area (Å²) in [6.45, 7) is 0.354. The van der Waals surface area contributed by atoms with Crippen LogP contribution in [0.25, 0.3) is 0 Å². The van der Waals surface area contributed by atoms with E-state index in [9.17, 15) is 15.2 Å². The number of likely N-dealkylation sites (N-methyl/N-ethyl adjacent to an activating group) is 1. The normalized spacial score (nSPS) is 11.7. The van der Waals surface area contributed by atoms with E-state index in [2.05, 4.69) is 4.98 Å². The summed E-state index contributed by atoms with van der Waals surface area (Å²) in [4.78, 5) is 15.4. The summed E-state index contributed by atoms with van der Waals surface area (Å²) in [6, 6.07) is 3.01. The Balaban J connectivity index is 2.94. The third-order valence-corrected chi connectivity index (χ3v) is 2.39. The second-order valence-corrected chi connectivity index (χ2v) is 3.92. The smallest absolute Gasteiger partial charge is 0.289 e. The zero-order valence-electron chi connectivity index (χ0n) is 10.6. The fourth-order valence-corrected chi connectivity index (χ4v) is 1.58. The molecule has 0 spiro atoms. The van der Waals surface area contributed by atoms with Gasteiger partial charge in [-0.05, 0) is 0 Å². The molecule has 1 aromatic rings. The molecular formula is C11H14N4O4. The molecule has 0 amide bonds. The summed E-state index contributed by atoms with van der Waals surface area (Å²) in [5.74, 6) is 0.281. The average molecular weight is 266 g/mol. The van der Waals surface area contributed by atoms with Gasteiger partial charge in [0, 0.05) is 26.8 Å². The lowest BCUT2D eigenvalue weighted by Gasteiger charge is -2.21. The van der Waals surface area contributed by atoms with Crippen molar-refractivity contribution in [2.45, 2.75) is 6.10 Å². The van der Waals surface area contributed by atoms with E-state index in [4.69, 9.17) is 10.00 Å². The van der Waals surface area contributed by atoms with Gasteiger partial charge in [0.1, 0.15) is 23.6 Å². The van der Waals surface area contributed by atoms with Crippen LogP contribution >= 0.6 is 0 Å². The lowest BCUT2D eigenvalue weighted by Crippen LogP contribution is -2.32. The molecule has 0 saturated carbocycles. The monoisotopic (exact) mass is 266 g/mol. The molecule has 1 aromatic heterocycles. The number of aliphatic hydroxyl groups is 1. The van der Waals surface area contributed by atoms with Crippen LogP contribution in [0.1, 0.15) is 5.56 Å². The fraction of sp³-hybridized carbons (Fsp3) is 0.455. The Morgan fingerprint density at radius 1 is 1.74 bits per heavy atom. The van der Waals surface area contributed by atoms with Gasteiger partial charge >= 0.3 is 0 Å². The van der Waals surface area contributed by atoms with Crippen LogP contribution in [0, 0.1) is 21.4 Å². The number of pyridine rings is 1. The molecule has 19 heavy (non-hydrogen) atoms. The highest BCUT2D eigenvalue weighted by atomic mass is 16.6. The molecule has 0 radical (unpaired) electrons. The number of nitrogens with zero attached hydrogens (tertiary/aromatic N) is 4. The predicted octanol–water partition coefficient (Wildman–Crippen LogP) is 0.305. The molecule has 1 unspecified atom stereocenters. The number of anilines is 1. The van der Waals surface area contributed by atoms with Gasteiger partial charge in [-0.3, -0.25) is 10.1 Å². The van der Waals surface area contributed by atoms with Gasteiger partial charge in [-0.25, -0.2) is 4.98 Å². The highest BCUT2D eigenvalue weighted by molar-refractivity contribution is 5.56. The summed E-state index contributed by atoms with van der Waals surface area (Å²) in [7, 11) is 3.10. The first kappa shape index (κ1) is 14.8. The predicted molar refractivity (Wildman–Crippen MR) is 66.8 cm³/mol. The molecule has 1 heterocycles. The second kappa shape index (κ2) is 6.63. The first-order chi connectivity index (χ1) is 8.99. The summed E-state index contributed by atoms with van der Waals surface area (Å²) in [5.41, 5.74) is -0.160. The summed E-state index contributed by atoms with van der Waals surface area (Å²) in [6.07, 6.45) is 0.341. The first-order valence-corrected chi connectivity index (χ1v) is 5.42. The van der Waals surface area contributed by atoms with Crippen molar-refractivity contribution in [2.75, 3.05) is 32.2 Å². The molecule has 1 rings (SSSR count). The summed E-state index contributed by atoms with van der Waals surface area (Å²) >= 11 is 0. The number of nitriles is 1. The Bertz CT molecular complexity index is 500. The van der Waals surface area contributed by atoms with Crippen molar-refractivity contribution in [3.63, 3.8) is 0 Å². The van der Waals surface area contributed by atoms with Crippen LogP contribution in [0.5, 0.6) is 0 Å². The molecule has 0 saturated heterocycles. The zero-order valence-corrected chi connectivity index (χ0v) is 10.6. The molecule has 1 atom stereocenters. The Morgan fingerprint density at radius 3 is 2.95 bits per heavy atom. The van der Waals surface area contributed by atoms with Crippen molar-refractivity contribution in [3.8, 4) is 6.07 Å². The molecule has 0 fully saturated rings. The number of aromatic nitrogens is 1. The van der Waals surface area contributed by atoms with Crippen molar-refractivity contribution in [3.05, 3.63) is 27.9 Å². The van der Waals surface area contributed by atoms with Crippen molar-refractivity contribution in [1.29, 1.82) is 5.26 Å². The molecule has 0 aliphatic heterocycles. The Labute approximate surface area is 110 Å². The van der Waals surface area contributed by atoms with Gasteiger partial charge in [0.2, 0.25) is 0 Å². The first-order valence-electron chi connectivity index (χ1n) is 5.42. The van der Waals surface area contributed by atoms with Crippen molar-refractivity contribution in [2.24, 2.45) is 0 Å². The molecule has 0 aromatic carbocycles. The van der Waals surface area contributed by atoms with E-state index in [0.29, 0.717) is 0 Å². The van der Waals surface area contributed by atoms with Gasteiger partial charge in [-0.1, -0.05) is 0 Å². The van der Waals surface area contributed by atoms with E-state index in [1.165, 1.54) is 7.11 Å². The van der Waals surface area contributed by atoms with Crippen molar-refractivity contribution < 1.29 is 14.8 Å². The maximum Gasteiger partial charge on any atom is 0.289 e. The van der Waals surface area contributed by atoms with Crippen LogP contribution in [0.3, 0.4) is 0 Å². The number of rotatable bonds is 6. The number of aliphatic hydroxyl groups excluding tert-OH is 1. The third kappa shape index (κ3) is 3.87. The number of nitro groups is 1. The minimum absolute atomic E-state index is 0.0846. The lowest BCUT2D eigenvalue weighted by atomic mass is 10.2. The van der Waals surface area contributed by atoms with Gasteiger partial charge in [-0.15, -0.1) is 0 Å². The maximum atomic E-state index is 10.6. The lowest BCUT2D eigenvalue weighted by molar-refractivity contribution is -0.385. The van der Waals surface area contributed by atoms with Gasteiger partial charge < -0.3 is 14.7 Å². The van der Waals surface area contributed by atoms with Crippen LogP contribution in [0.2, 0.25) is 0 Å². The van der Waals surface area contributed by atoms with E-state index < -0.39 is 11.0 Å². The van der Waals surface area contributed by atoms with E-state index in [-0.39, 0.29) is 30.2 Å². The molecular weight excluding hydrogens is 252 g/mol. The molecule has 0 bridgehead atoms. The van der Waals surface area contributed by atoms with Crippen LogP contribution in [0.4, 0.5) is 11.5 Å². The quantitative estimate of drug-likeness (QED) is 0.582. The number of hydrogen-bond donors (Lipinski definition) is 1. The molecule has 8 nitrogen and oxygen atoms in total. The van der Waals surface area contributed by atoms with E-state index in [1.54, 1.807) is 11.9 Å². The molecule has 102 valence electrons. The van der Waals surface area contributed by atoms with Crippen LogP contribution in [-0.2, 0) is 4.74 Å². The SMILES string of the molecule is COCC(O)CN(C)c1ncc([N+](=O)[O-])cc1C#N. The van der Waals surface area contributed by atoms with Gasteiger partial charge in [0.15, 0.2) is 0 Å². The number of ether oxygens (including phenoxy) is 1. The molecule has 8 heteroatoms. The fourth-order valence-electron chi connectivity index (χ4n) is 1.58. The van der Waals surface area contributed by atoms with Crippen LogP contribution in [0.15, 0.2) is 12.3 Å². The van der Waals surface area contributed by atoms with E-state index in [1.807, 2.05) is 6.07 Å². The van der Waals surface area contributed by atoms with E-state index >= 15 is 0 Å². The highest BCUT2D eigenvalue weighted by Crippen LogP contribution is 2.20. The standard InChI is InChI=1S/C11H14N4O4/c1-14(6-10(16)7-19-2)11-8(4-12)3-9(5-13-11)15(17)18/h3,5,10,16H,6-7H2,1-2H3. The third-order valence-electron chi connectivity index (χ3n) is 2.39. The Kier molecular flexibility index (Phi) is 5.17. The molecule has 0 aliphatic carbocycles. The van der Waals surface area contributed by atoms with Crippen LogP contribution in [-0.4, -0.2) is 48.4 Å². The number of hydrogen-bond acceptors (Lipinski definition) is 7. The van der Waals surface area contributed by atoms with Crippen LogP contribution < -0.4 is 4.90 Å². The number of methoxy groups -OCH3 is 1. The maximum absolute atomic E-state index is 10.6. The van der Waals surface area contributed by atoms with Gasteiger partial charge in [0.25, 0.3) is 5.69 Å². The summed E-state index contributed by atoms with van der Waals surface area (Å²) in [5, 5.41) is 29.2. The minimum atomic E-state index is -0.737. The Morgan fingerprint density at radius 2 is 2.42 bits per heavy atom. The topological polar surface area (TPSA) is 113 Å². The van der Waals surface area contributed by atoms with E-state index in [0.717, 1.165) is 12.3 Å².